The van der Waals surface area contributed by atoms with Crippen LogP contribution in [0.15, 0.2) is 0 Å². The van der Waals surface area contributed by atoms with Gasteiger partial charge in [-0.1, -0.05) is 78.6 Å². The largest absolute Gasteiger partial charge is 0.159 e. The van der Waals surface area contributed by atoms with Crippen LogP contribution in [-0.4, -0.2) is 11.0 Å². The molecule has 0 nitrogen and oxygen atoms in total. The summed E-state index contributed by atoms with van der Waals surface area (Å²) in [5.41, 5.74) is 0. The first kappa shape index (κ1) is 17.4. The van der Waals surface area contributed by atoms with Crippen molar-refractivity contribution >= 4 is 11.8 Å². The zero-order valence-corrected chi connectivity index (χ0v) is 13.5. The molecule has 0 heterocycles. The summed E-state index contributed by atoms with van der Waals surface area (Å²) >= 11 is 2.09. The molecule has 0 fully saturated rings. The molecule has 0 saturated carbocycles. The van der Waals surface area contributed by atoms with Crippen LogP contribution in [-0.2, 0) is 0 Å². The van der Waals surface area contributed by atoms with Gasteiger partial charge in [0, 0.05) is 4.75 Å². The lowest BCUT2D eigenvalue weighted by Crippen LogP contribution is -2.19. The fourth-order valence-corrected chi connectivity index (χ4v) is 3.05. The first-order valence-corrected chi connectivity index (χ1v) is 8.96. The Hall–Kier alpha value is 0.350. The normalized spacial score (nSPS) is 14.8. The summed E-state index contributed by atoms with van der Waals surface area (Å²) in [6.45, 7) is 7.06. The van der Waals surface area contributed by atoms with Crippen molar-refractivity contribution in [1.29, 1.82) is 0 Å². The van der Waals surface area contributed by atoms with Gasteiger partial charge in [0.2, 0.25) is 0 Å². The molecule has 0 aliphatic heterocycles. The molecule has 0 aromatic carbocycles. The third-order valence-electron chi connectivity index (χ3n) is 3.86. The van der Waals surface area contributed by atoms with Crippen molar-refractivity contribution in [2.75, 3.05) is 6.26 Å². The van der Waals surface area contributed by atoms with Crippen LogP contribution in [0.5, 0.6) is 0 Å². The van der Waals surface area contributed by atoms with E-state index in [2.05, 4.69) is 38.8 Å². The number of hydrogen-bond acceptors (Lipinski definition) is 1. The molecule has 1 heteroatoms. The van der Waals surface area contributed by atoms with E-state index in [-0.39, 0.29) is 0 Å². The van der Waals surface area contributed by atoms with Crippen LogP contribution in [0.3, 0.4) is 0 Å². The fraction of sp³-hybridized carbons (Fsp3) is 1.00. The van der Waals surface area contributed by atoms with Gasteiger partial charge in [0.1, 0.15) is 0 Å². The third-order valence-corrected chi connectivity index (χ3v) is 5.25. The predicted molar refractivity (Wildman–Crippen MR) is 84.1 cm³/mol. The Morgan fingerprint density at radius 2 is 1.12 bits per heavy atom. The second-order valence-electron chi connectivity index (χ2n) is 5.63. The van der Waals surface area contributed by atoms with Gasteiger partial charge in [-0.3, -0.25) is 0 Å². The Morgan fingerprint density at radius 3 is 1.53 bits per heavy atom. The van der Waals surface area contributed by atoms with Crippen LogP contribution < -0.4 is 0 Å². The topological polar surface area (TPSA) is 0 Å². The standard InChI is InChI=1S/C16H34S/c1-5-7-9-11-13-15-16(3,17-4)14-12-10-8-6-2/h5-15H2,1-4H3. The highest BCUT2D eigenvalue weighted by Crippen LogP contribution is 2.34. The lowest BCUT2D eigenvalue weighted by atomic mass is 9.95. The summed E-state index contributed by atoms with van der Waals surface area (Å²) in [7, 11) is 0. The van der Waals surface area contributed by atoms with E-state index in [0.717, 1.165) is 0 Å². The molecule has 0 aliphatic rings. The number of thioether (sulfide) groups is 1. The van der Waals surface area contributed by atoms with E-state index < -0.39 is 0 Å². The van der Waals surface area contributed by atoms with Gasteiger partial charge < -0.3 is 0 Å². The summed E-state index contributed by atoms with van der Waals surface area (Å²) < 4.78 is 0.556. The van der Waals surface area contributed by atoms with Gasteiger partial charge >= 0.3 is 0 Å². The Bertz CT molecular complexity index is 156. The molecule has 0 rings (SSSR count). The highest BCUT2D eigenvalue weighted by Gasteiger charge is 2.21. The molecule has 0 spiro atoms. The van der Waals surface area contributed by atoms with Crippen LogP contribution in [0.4, 0.5) is 0 Å². The minimum Gasteiger partial charge on any atom is -0.159 e. The van der Waals surface area contributed by atoms with Gasteiger partial charge in [-0.05, 0) is 19.1 Å². The quantitative estimate of drug-likeness (QED) is 0.363. The van der Waals surface area contributed by atoms with Gasteiger partial charge in [-0.2, -0.15) is 11.8 Å². The van der Waals surface area contributed by atoms with E-state index in [0.29, 0.717) is 4.75 Å². The smallest absolute Gasteiger partial charge is 0.0129 e. The molecule has 0 aliphatic carbocycles. The molecule has 0 bridgehead atoms. The van der Waals surface area contributed by atoms with Crippen molar-refractivity contribution in [1.82, 2.24) is 0 Å². The molecule has 0 aromatic rings. The molecular formula is C16H34S. The highest BCUT2D eigenvalue weighted by atomic mass is 32.2. The van der Waals surface area contributed by atoms with E-state index in [1.165, 1.54) is 70.6 Å². The van der Waals surface area contributed by atoms with Crippen LogP contribution in [0.25, 0.3) is 0 Å². The molecule has 1 unspecified atom stereocenters. The van der Waals surface area contributed by atoms with Crippen molar-refractivity contribution in [3.8, 4) is 0 Å². The molecule has 0 saturated heterocycles. The molecule has 0 radical (unpaired) electrons. The van der Waals surface area contributed by atoms with Gasteiger partial charge in [-0.15, -0.1) is 0 Å². The molecular weight excluding hydrogens is 224 g/mol. The van der Waals surface area contributed by atoms with Crippen molar-refractivity contribution in [3.05, 3.63) is 0 Å². The Labute approximate surface area is 114 Å². The van der Waals surface area contributed by atoms with E-state index in [1.807, 2.05) is 0 Å². The minimum absolute atomic E-state index is 0.556. The minimum atomic E-state index is 0.556. The monoisotopic (exact) mass is 258 g/mol. The van der Waals surface area contributed by atoms with Crippen LogP contribution in [0, 0.1) is 0 Å². The van der Waals surface area contributed by atoms with Crippen molar-refractivity contribution in [2.45, 2.75) is 96.1 Å². The average Bonchev–Trinajstić information content (AvgIpc) is 2.34. The molecule has 0 amide bonds. The summed E-state index contributed by atoms with van der Waals surface area (Å²) in [6, 6.07) is 0. The Morgan fingerprint density at radius 1 is 0.706 bits per heavy atom. The van der Waals surface area contributed by atoms with Gasteiger partial charge in [0.25, 0.3) is 0 Å². The third kappa shape index (κ3) is 10.00. The van der Waals surface area contributed by atoms with Crippen LogP contribution >= 0.6 is 11.8 Å². The van der Waals surface area contributed by atoms with Crippen molar-refractivity contribution in [2.24, 2.45) is 0 Å². The summed E-state index contributed by atoms with van der Waals surface area (Å²) in [5.74, 6) is 0. The summed E-state index contributed by atoms with van der Waals surface area (Å²) in [6.07, 6.45) is 17.9. The molecule has 17 heavy (non-hydrogen) atoms. The summed E-state index contributed by atoms with van der Waals surface area (Å²) in [4.78, 5) is 0. The second kappa shape index (κ2) is 11.4. The van der Waals surface area contributed by atoms with E-state index >= 15 is 0 Å². The molecule has 1 atom stereocenters. The zero-order chi connectivity index (χ0) is 13.0. The SMILES string of the molecule is CCCCCCCC(C)(CCCCCC)SC. The maximum absolute atomic E-state index is 2.48. The van der Waals surface area contributed by atoms with Gasteiger partial charge in [0.05, 0.1) is 0 Å². The van der Waals surface area contributed by atoms with Gasteiger partial charge in [-0.25, -0.2) is 0 Å². The summed E-state index contributed by atoms with van der Waals surface area (Å²) in [5, 5.41) is 0. The maximum Gasteiger partial charge on any atom is 0.0129 e. The zero-order valence-electron chi connectivity index (χ0n) is 12.7. The molecule has 104 valence electrons. The Balaban J connectivity index is 3.61. The first-order chi connectivity index (χ1) is 8.18. The fourth-order valence-electron chi connectivity index (χ4n) is 2.36. The van der Waals surface area contributed by atoms with E-state index in [1.54, 1.807) is 0 Å². The Kier molecular flexibility index (Phi) is 11.7. The van der Waals surface area contributed by atoms with Crippen molar-refractivity contribution in [3.63, 3.8) is 0 Å². The van der Waals surface area contributed by atoms with Crippen molar-refractivity contribution < 1.29 is 0 Å². The van der Waals surface area contributed by atoms with E-state index in [4.69, 9.17) is 0 Å². The molecule has 0 aromatic heterocycles. The lowest BCUT2D eigenvalue weighted by Gasteiger charge is -2.27. The predicted octanol–water partition coefficient (Wildman–Crippen LogP) is 6.44. The highest BCUT2D eigenvalue weighted by molar-refractivity contribution is 7.99. The first-order valence-electron chi connectivity index (χ1n) is 7.73. The number of rotatable bonds is 12. The lowest BCUT2D eigenvalue weighted by molar-refractivity contribution is 0.472. The molecule has 0 N–H and O–H groups in total. The van der Waals surface area contributed by atoms with Gasteiger partial charge in [0.15, 0.2) is 0 Å². The van der Waals surface area contributed by atoms with Crippen LogP contribution in [0.2, 0.25) is 0 Å². The second-order valence-corrected chi connectivity index (χ2v) is 7.02. The van der Waals surface area contributed by atoms with E-state index in [9.17, 15) is 0 Å². The van der Waals surface area contributed by atoms with Crippen LogP contribution in [0.1, 0.15) is 91.4 Å². The maximum atomic E-state index is 2.48. The number of unbranched alkanes of at least 4 members (excludes halogenated alkanes) is 7. The average molecular weight is 259 g/mol. The number of hydrogen-bond donors (Lipinski definition) is 0.